The number of anilines is 1. The quantitative estimate of drug-likeness (QED) is 0.00838. The SMILES string of the molecule is CCN1C(=CC=CC=CC2=[N+](CCCCCC(=O)N[C@@H](Cc3ccc(O)cc3)C(=O)N[C@H](C(=O)N[C@@H](C)C(=O)N[C@@H](CC(=O)O)C(=O)NC)C(C)C)c3ccc(SOOO)cc3C2(C)C)C(C)(C)c2cc(SOOO)ccc21. The molecule has 5 amide bonds. The Kier molecular flexibility index (Phi) is 23.1. The highest BCUT2D eigenvalue weighted by atomic mass is 32.2. The first-order chi connectivity index (χ1) is 37.1. The number of nitrogens with zero attached hydrogens (tertiary/aromatic N) is 2. The second-order valence-corrected chi connectivity index (χ2v) is 21.7. The Hall–Kier alpha value is -6.57. The summed E-state index contributed by atoms with van der Waals surface area (Å²) in [7, 11) is 1.29. The lowest BCUT2D eigenvalue weighted by molar-refractivity contribution is -0.438. The standard InChI is InChI=1S/C55H71N7O14S2/c1-10-61-43-26-24-37(77-75-73-71)30-39(43)54(5,6)45(61)17-13-11-14-18-46-55(7,8)40-31-38(78-76-74-72)25-27-44(40)62(46)28-16-12-15-19-47(64)58-41(29-35-20-22-36(63)23-21-35)52(69)60-49(33(2)3)53(70)57-34(4)50(67)59-42(32-48(65)66)51(68)56-9/h11,13-14,17-18,20-27,30-31,33-34,41-42,49H,10,12,15-16,19,28-29,32H2,1-9H3,(H8-,56,57,58,59,60,63,64,65,66,67,68,69,70,71,72)/p+1/t34-,41-,42-,49-/m0/s1. The largest absolute Gasteiger partial charge is 0.508 e. The number of aliphatic carboxylic acids is 1. The van der Waals surface area contributed by atoms with Crippen molar-refractivity contribution in [3.8, 4) is 5.75 Å². The van der Waals surface area contributed by atoms with E-state index in [0.29, 0.717) is 31.4 Å². The summed E-state index contributed by atoms with van der Waals surface area (Å²) in [5, 5.41) is 57.1. The number of carbonyl (C=O) groups excluding carboxylic acids is 5. The van der Waals surface area contributed by atoms with Crippen molar-refractivity contribution in [2.24, 2.45) is 5.92 Å². The predicted octanol–water partition coefficient (Wildman–Crippen LogP) is 7.08. The van der Waals surface area contributed by atoms with Gasteiger partial charge in [-0.15, -0.1) is 8.67 Å². The van der Waals surface area contributed by atoms with Crippen molar-refractivity contribution >= 4 is 76.7 Å². The number of carbonyl (C=O) groups is 6. The summed E-state index contributed by atoms with van der Waals surface area (Å²) < 4.78 is 11.7. The first kappa shape index (κ1) is 62.3. The van der Waals surface area contributed by atoms with E-state index in [2.05, 4.69) is 97.2 Å². The minimum Gasteiger partial charge on any atom is -0.508 e. The molecule has 2 heterocycles. The van der Waals surface area contributed by atoms with Crippen molar-refractivity contribution in [2.75, 3.05) is 25.0 Å². The van der Waals surface area contributed by atoms with Gasteiger partial charge in [-0.2, -0.15) is 4.58 Å². The molecule has 2 aliphatic rings. The van der Waals surface area contributed by atoms with Gasteiger partial charge in [-0.25, -0.2) is 10.5 Å². The van der Waals surface area contributed by atoms with E-state index in [1.54, 1.807) is 26.0 Å². The van der Waals surface area contributed by atoms with Crippen LogP contribution in [-0.4, -0.2) is 111 Å². The average molecular weight is 1120 g/mol. The lowest BCUT2D eigenvalue weighted by Crippen LogP contribution is -2.59. The van der Waals surface area contributed by atoms with Gasteiger partial charge < -0.3 is 41.7 Å². The first-order valence-electron chi connectivity index (χ1n) is 25.6. The number of hydrogen-bond donors (Lipinski definition) is 9. The number of benzene rings is 3. The van der Waals surface area contributed by atoms with Crippen LogP contribution in [0.1, 0.15) is 104 Å². The van der Waals surface area contributed by atoms with Gasteiger partial charge in [-0.05, 0) is 106 Å². The van der Waals surface area contributed by atoms with E-state index in [1.165, 1.54) is 26.1 Å². The van der Waals surface area contributed by atoms with Crippen LogP contribution in [0.3, 0.4) is 0 Å². The molecule has 0 aromatic heterocycles. The topological polar surface area (TPSA) is 287 Å². The van der Waals surface area contributed by atoms with Crippen LogP contribution in [0.2, 0.25) is 0 Å². The first-order valence-corrected chi connectivity index (χ1v) is 27.0. The molecule has 78 heavy (non-hydrogen) atoms. The van der Waals surface area contributed by atoms with Gasteiger partial charge in [0.15, 0.2) is 5.71 Å². The van der Waals surface area contributed by atoms with Crippen LogP contribution in [0, 0.1) is 5.92 Å². The molecule has 3 aromatic carbocycles. The zero-order valence-electron chi connectivity index (χ0n) is 45.3. The molecule has 0 radical (unpaired) electrons. The van der Waals surface area contributed by atoms with Crippen LogP contribution >= 0.6 is 24.1 Å². The van der Waals surface area contributed by atoms with Crippen molar-refractivity contribution in [1.29, 1.82) is 0 Å². The average Bonchev–Trinajstić information content (AvgIpc) is 3.87. The van der Waals surface area contributed by atoms with E-state index in [4.69, 9.17) is 14.8 Å². The second kappa shape index (κ2) is 28.9. The third-order valence-corrected chi connectivity index (χ3v) is 14.8. The number of fused-ring (bicyclic) bond motifs is 2. The maximum absolute atomic E-state index is 14.0. The van der Waals surface area contributed by atoms with E-state index >= 15 is 0 Å². The number of amides is 5. The van der Waals surface area contributed by atoms with E-state index in [-0.39, 0.29) is 29.9 Å². The third kappa shape index (κ3) is 16.3. The molecule has 422 valence electrons. The molecular weight excluding hydrogens is 1050 g/mol. The van der Waals surface area contributed by atoms with E-state index < -0.39 is 71.5 Å². The Morgan fingerprint density at radius 3 is 2.00 bits per heavy atom. The van der Waals surface area contributed by atoms with Gasteiger partial charge >= 0.3 is 5.97 Å². The Morgan fingerprint density at radius 2 is 1.38 bits per heavy atom. The molecule has 2 aliphatic heterocycles. The van der Waals surface area contributed by atoms with Crippen molar-refractivity contribution in [3.05, 3.63) is 113 Å². The molecule has 23 heteroatoms. The fourth-order valence-electron chi connectivity index (χ4n) is 9.55. The Labute approximate surface area is 463 Å². The number of allylic oxidation sites excluding steroid dienone is 6. The summed E-state index contributed by atoms with van der Waals surface area (Å²) in [6.45, 7) is 16.8. The monoisotopic (exact) mass is 1120 g/mol. The maximum Gasteiger partial charge on any atom is 0.305 e. The summed E-state index contributed by atoms with van der Waals surface area (Å²) in [5.41, 5.74) is 6.23. The summed E-state index contributed by atoms with van der Waals surface area (Å²) in [6.07, 6.45) is 11.5. The van der Waals surface area contributed by atoms with Crippen LogP contribution in [0.4, 0.5) is 11.4 Å². The summed E-state index contributed by atoms with van der Waals surface area (Å²) in [4.78, 5) is 81.6. The number of likely N-dealkylation sites (N-methyl/N-ethyl adjacent to an activating group) is 2. The Balaban J connectivity index is 1.27. The highest BCUT2D eigenvalue weighted by molar-refractivity contribution is 7.94. The number of aromatic hydroxyl groups is 1. The smallest absolute Gasteiger partial charge is 0.305 e. The lowest BCUT2D eigenvalue weighted by atomic mass is 9.81. The van der Waals surface area contributed by atoms with Crippen LogP contribution in [-0.2, 0) is 64.8 Å². The molecule has 0 saturated carbocycles. The van der Waals surface area contributed by atoms with Crippen LogP contribution in [0.25, 0.3) is 0 Å². The normalized spacial score (nSPS) is 16.5. The molecule has 9 N–H and O–H groups in total. The fourth-order valence-corrected chi connectivity index (χ4v) is 10.3. The highest BCUT2D eigenvalue weighted by Crippen LogP contribution is 2.49. The van der Waals surface area contributed by atoms with Crippen molar-refractivity contribution in [2.45, 2.75) is 139 Å². The molecule has 0 bridgehead atoms. The van der Waals surface area contributed by atoms with Gasteiger partial charge in [0, 0.05) is 77.2 Å². The molecule has 0 saturated heterocycles. The van der Waals surface area contributed by atoms with Gasteiger partial charge in [0.2, 0.25) is 35.2 Å². The fraction of sp³-hybridized carbons (Fsp3) is 0.436. The van der Waals surface area contributed by atoms with Crippen LogP contribution in [0.15, 0.2) is 107 Å². The number of unbranched alkanes of at least 4 members (excludes halogenated alkanes) is 2. The van der Waals surface area contributed by atoms with Gasteiger partial charge in [0.05, 0.1) is 35.9 Å². The minimum atomic E-state index is -1.39. The van der Waals surface area contributed by atoms with Crippen molar-refractivity contribution < 1.29 is 72.8 Å². The minimum absolute atomic E-state index is 0.0137. The molecule has 21 nitrogen and oxygen atoms in total. The molecule has 0 fully saturated rings. The number of nitrogens with one attached hydrogen (secondary N) is 5. The Bertz CT molecular complexity index is 2760. The molecule has 0 aliphatic carbocycles. The zero-order valence-corrected chi connectivity index (χ0v) is 46.9. The number of rotatable bonds is 29. The van der Waals surface area contributed by atoms with Crippen molar-refractivity contribution in [3.63, 3.8) is 0 Å². The van der Waals surface area contributed by atoms with Crippen LogP contribution in [0.5, 0.6) is 5.75 Å². The number of carboxylic acid groups (broad SMARTS) is 1. The summed E-state index contributed by atoms with van der Waals surface area (Å²) >= 11 is 1.80. The second-order valence-electron chi connectivity index (χ2n) is 20.2. The van der Waals surface area contributed by atoms with Gasteiger partial charge in [0.1, 0.15) is 36.5 Å². The number of phenolic OH excluding ortho intramolecular Hbond substituents is 1. The molecule has 5 rings (SSSR count). The number of phenols is 1. The maximum atomic E-state index is 14.0. The molecular formula is C55H72N7O14S2+. The van der Waals surface area contributed by atoms with E-state index in [1.807, 2.05) is 54.6 Å². The van der Waals surface area contributed by atoms with Crippen LogP contribution < -0.4 is 31.5 Å². The molecule has 0 spiro atoms. The van der Waals surface area contributed by atoms with E-state index in [0.717, 1.165) is 74.3 Å². The predicted molar refractivity (Wildman–Crippen MR) is 294 cm³/mol. The lowest BCUT2D eigenvalue weighted by Gasteiger charge is -2.27. The summed E-state index contributed by atoms with van der Waals surface area (Å²) in [5.74, 6) is -5.12. The van der Waals surface area contributed by atoms with Gasteiger partial charge in [-0.1, -0.05) is 68.1 Å². The molecule has 4 atom stereocenters. The third-order valence-electron chi connectivity index (χ3n) is 13.7. The highest BCUT2D eigenvalue weighted by Gasteiger charge is 2.45. The molecule has 3 aromatic rings. The van der Waals surface area contributed by atoms with E-state index in [9.17, 15) is 39.0 Å². The number of carboxylic acids is 1. The van der Waals surface area contributed by atoms with Crippen molar-refractivity contribution in [1.82, 2.24) is 26.6 Å². The summed E-state index contributed by atoms with van der Waals surface area (Å²) in [6, 6.07) is 13.1. The zero-order chi connectivity index (χ0) is 57.3. The number of hydrogen-bond acceptors (Lipinski definition) is 16. The van der Waals surface area contributed by atoms with Gasteiger partial charge in [-0.3, -0.25) is 28.8 Å². The van der Waals surface area contributed by atoms with Gasteiger partial charge in [0.25, 0.3) is 0 Å². The molecule has 0 unspecified atom stereocenters. The Morgan fingerprint density at radius 1 is 0.731 bits per heavy atom.